The summed E-state index contributed by atoms with van der Waals surface area (Å²) < 4.78 is 5.57. The van der Waals surface area contributed by atoms with E-state index in [0.29, 0.717) is 44.0 Å². The molecule has 0 aromatic heterocycles. The van der Waals surface area contributed by atoms with E-state index in [2.05, 4.69) is 5.32 Å². The first-order chi connectivity index (χ1) is 13.2. The van der Waals surface area contributed by atoms with Gasteiger partial charge >= 0.3 is 0 Å². The van der Waals surface area contributed by atoms with Crippen molar-refractivity contribution in [3.8, 4) is 5.75 Å². The van der Waals surface area contributed by atoms with Crippen molar-refractivity contribution in [1.82, 2.24) is 10.2 Å². The van der Waals surface area contributed by atoms with Gasteiger partial charge in [0.1, 0.15) is 5.75 Å². The van der Waals surface area contributed by atoms with Gasteiger partial charge in [0.25, 0.3) is 5.91 Å². The third kappa shape index (κ3) is 5.09. The molecule has 5 heteroatoms. The molecule has 2 aromatic carbocycles. The summed E-state index contributed by atoms with van der Waals surface area (Å²) in [6.07, 6.45) is 1.30. The Kier molecular flexibility index (Phi) is 6.47. The van der Waals surface area contributed by atoms with Gasteiger partial charge in [-0.3, -0.25) is 9.59 Å². The zero-order valence-corrected chi connectivity index (χ0v) is 15.7. The monoisotopic (exact) mass is 366 g/mol. The van der Waals surface area contributed by atoms with Crippen LogP contribution in [0, 0.1) is 5.92 Å². The Morgan fingerprint density at radius 2 is 1.85 bits per heavy atom. The Balaban J connectivity index is 1.51. The molecule has 1 aliphatic heterocycles. The highest BCUT2D eigenvalue weighted by Crippen LogP contribution is 2.25. The topological polar surface area (TPSA) is 58.6 Å². The van der Waals surface area contributed by atoms with Crippen molar-refractivity contribution in [3.05, 3.63) is 65.7 Å². The van der Waals surface area contributed by atoms with Gasteiger partial charge in [0.15, 0.2) is 0 Å². The molecule has 0 saturated carbocycles. The number of ether oxygens (including phenoxy) is 1. The molecule has 0 aliphatic carbocycles. The highest BCUT2D eigenvalue weighted by Gasteiger charge is 2.29. The third-order valence-corrected chi connectivity index (χ3v) is 4.80. The van der Waals surface area contributed by atoms with Gasteiger partial charge in [-0.05, 0) is 37.0 Å². The Labute approximate surface area is 160 Å². The molecule has 1 aliphatic rings. The molecule has 0 radical (unpaired) electrons. The van der Waals surface area contributed by atoms with Crippen molar-refractivity contribution in [3.63, 3.8) is 0 Å². The summed E-state index contributed by atoms with van der Waals surface area (Å²) in [6, 6.07) is 17.2. The van der Waals surface area contributed by atoms with Crippen molar-refractivity contribution >= 4 is 11.8 Å². The first-order valence-corrected chi connectivity index (χ1v) is 9.49. The molecule has 1 heterocycles. The number of hydrogen-bond acceptors (Lipinski definition) is 3. The van der Waals surface area contributed by atoms with E-state index in [1.54, 1.807) is 6.07 Å². The Bertz CT molecular complexity index is 776. The van der Waals surface area contributed by atoms with E-state index < -0.39 is 0 Å². The van der Waals surface area contributed by atoms with E-state index in [-0.39, 0.29) is 17.7 Å². The number of benzene rings is 2. The molecule has 1 atom stereocenters. The fraction of sp³-hybridized carbons (Fsp3) is 0.364. The predicted molar refractivity (Wildman–Crippen MR) is 105 cm³/mol. The van der Waals surface area contributed by atoms with Crippen LogP contribution in [-0.2, 0) is 11.3 Å². The molecular formula is C22H26N2O3. The van der Waals surface area contributed by atoms with Crippen LogP contribution in [0.1, 0.15) is 35.7 Å². The maximum atomic E-state index is 12.8. The lowest BCUT2D eigenvalue weighted by molar-refractivity contribution is -0.122. The molecule has 142 valence electrons. The number of hydrogen-bond donors (Lipinski definition) is 1. The van der Waals surface area contributed by atoms with Crippen LogP contribution in [0.3, 0.4) is 0 Å². The normalized spacial score (nSPS) is 16.2. The maximum absolute atomic E-state index is 12.8. The number of rotatable bonds is 7. The SMILES string of the molecule is CCOc1ccccc1C(=O)N1CCC(CC(=O)NCc2ccccc2)C1. The van der Waals surface area contributed by atoms with Crippen molar-refractivity contribution in [2.45, 2.75) is 26.3 Å². The predicted octanol–water partition coefficient (Wildman–Crippen LogP) is 3.25. The number of nitrogens with one attached hydrogen (secondary N) is 1. The van der Waals surface area contributed by atoms with Gasteiger partial charge < -0.3 is 15.0 Å². The van der Waals surface area contributed by atoms with Crippen LogP contribution in [0.2, 0.25) is 0 Å². The number of amides is 2. The molecule has 2 amide bonds. The number of carbonyl (C=O) groups excluding carboxylic acids is 2. The number of likely N-dealkylation sites (tertiary alicyclic amines) is 1. The average molecular weight is 366 g/mol. The largest absolute Gasteiger partial charge is 0.493 e. The highest BCUT2D eigenvalue weighted by atomic mass is 16.5. The van der Waals surface area contributed by atoms with Gasteiger partial charge in [-0.15, -0.1) is 0 Å². The fourth-order valence-corrected chi connectivity index (χ4v) is 3.41. The Morgan fingerprint density at radius 1 is 1.11 bits per heavy atom. The molecule has 1 N–H and O–H groups in total. The molecule has 5 nitrogen and oxygen atoms in total. The second kappa shape index (κ2) is 9.21. The first-order valence-electron chi connectivity index (χ1n) is 9.49. The quantitative estimate of drug-likeness (QED) is 0.818. The zero-order chi connectivity index (χ0) is 19.1. The van der Waals surface area contributed by atoms with E-state index in [1.807, 2.05) is 60.4 Å². The van der Waals surface area contributed by atoms with Gasteiger partial charge in [-0.1, -0.05) is 42.5 Å². The van der Waals surface area contributed by atoms with E-state index in [9.17, 15) is 9.59 Å². The van der Waals surface area contributed by atoms with Crippen molar-refractivity contribution in [2.24, 2.45) is 5.92 Å². The lowest BCUT2D eigenvalue weighted by Crippen LogP contribution is -2.30. The summed E-state index contributed by atoms with van der Waals surface area (Å²) >= 11 is 0. The summed E-state index contributed by atoms with van der Waals surface area (Å²) in [5.41, 5.74) is 1.68. The van der Waals surface area contributed by atoms with Gasteiger partial charge in [0.2, 0.25) is 5.91 Å². The van der Waals surface area contributed by atoms with Gasteiger partial charge in [-0.25, -0.2) is 0 Å². The van der Waals surface area contributed by atoms with Crippen LogP contribution in [-0.4, -0.2) is 36.4 Å². The summed E-state index contributed by atoms with van der Waals surface area (Å²) in [5, 5.41) is 2.97. The number of carbonyl (C=O) groups is 2. The van der Waals surface area contributed by atoms with Gasteiger partial charge in [0, 0.05) is 26.1 Å². The summed E-state index contributed by atoms with van der Waals surface area (Å²) in [5.74, 6) is 0.831. The fourth-order valence-electron chi connectivity index (χ4n) is 3.41. The molecule has 1 fully saturated rings. The van der Waals surface area contributed by atoms with Crippen molar-refractivity contribution < 1.29 is 14.3 Å². The summed E-state index contributed by atoms with van der Waals surface area (Å²) in [4.78, 5) is 26.9. The lowest BCUT2D eigenvalue weighted by Gasteiger charge is -2.18. The summed E-state index contributed by atoms with van der Waals surface area (Å²) in [6.45, 7) is 4.25. The summed E-state index contributed by atoms with van der Waals surface area (Å²) in [7, 11) is 0. The van der Waals surface area contributed by atoms with Crippen molar-refractivity contribution in [2.75, 3.05) is 19.7 Å². The molecule has 1 saturated heterocycles. The van der Waals surface area contributed by atoms with Gasteiger partial charge in [-0.2, -0.15) is 0 Å². The Morgan fingerprint density at radius 3 is 2.63 bits per heavy atom. The minimum absolute atomic E-state index is 0.0220. The van der Waals surface area contributed by atoms with E-state index in [0.717, 1.165) is 12.0 Å². The maximum Gasteiger partial charge on any atom is 0.257 e. The lowest BCUT2D eigenvalue weighted by atomic mass is 10.0. The van der Waals surface area contributed by atoms with Crippen LogP contribution >= 0.6 is 0 Å². The Hall–Kier alpha value is -2.82. The highest BCUT2D eigenvalue weighted by molar-refractivity contribution is 5.97. The van der Waals surface area contributed by atoms with Crippen LogP contribution in [0.15, 0.2) is 54.6 Å². The van der Waals surface area contributed by atoms with E-state index in [4.69, 9.17) is 4.74 Å². The minimum atomic E-state index is -0.0220. The standard InChI is InChI=1S/C22H26N2O3/c1-2-27-20-11-7-6-10-19(20)22(26)24-13-12-18(16-24)14-21(25)23-15-17-8-4-3-5-9-17/h3-11,18H,2,12-16H2,1H3,(H,23,25). The first kappa shape index (κ1) is 19.0. The average Bonchev–Trinajstić information content (AvgIpc) is 3.16. The second-order valence-corrected chi connectivity index (χ2v) is 6.80. The smallest absolute Gasteiger partial charge is 0.257 e. The van der Waals surface area contributed by atoms with Crippen LogP contribution < -0.4 is 10.1 Å². The van der Waals surface area contributed by atoms with E-state index in [1.165, 1.54) is 0 Å². The van der Waals surface area contributed by atoms with Gasteiger partial charge in [0.05, 0.1) is 12.2 Å². The molecule has 27 heavy (non-hydrogen) atoms. The minimum Gasteiger partial charge on any atom is -0.493 e. The molecule has 2 aromatic rings. The van der Waals surface area contributed by atoms with E-state index >= 15 is 0 Å². The molecule has 3 rings (SSSR count). The number of para-hydroxylation sites is 1. The molecular weight excluding hydrogens is 340 g/mol. The van der Waals surface area contributed by atoms with Crippen LogP contribution in [0.25, 0.3) is 0 Å². The van der Waals surface area contributed by atoms with Crippen LogP contribution in [0.4, 0.5) is 0 Å². The second-order valence-electron chi connectivity index (χ2n) is 6.80. The van der Waals surface area contributed by atoms with Crippen LogP contribution in [0.5, 0.6) is 5.75 Å². The molecule has 1 unspecified atom stereocenters. The molecule has 0 bridgehead atoms. The third-order valence-electron chi connectivity index (χ3n) is 4.80. The molecule has 0 spiro atoms. The zero-order valence-electron chi connectivity index (χ0n) is 15.7. The number of nitrogens with zero attached hydrogens (tertiary/aromatic N) is 1. The van der Waals surface area contributed by atoms with Crippen molar-refractivity contribution in [1.29, 1.82) is 0 Å².